The summed E-state index contributed by atoms with van der Waals surface area (Å²) >= 11 is 0. The van der Waals surface area contributed by atoms with E-state index in [-0.39, 0.29) is 13.2 Å². The Hall–Kier alpha value is -1.30. The summed E-state index contributed by atoms with van der Waals surface area (Å²) in [5.41, 5.74) is 0. The summed E-state index contributed by atoms with van der Waals surface area (Å²) in [7, 11) is 0. The van der Waals surface area contributed by atoms with Crippen molar-refractivity contribution in [3.8, 4) is 0 Å². The maximum Gasteiger partial charge on any atom is 0.326 e. The Kier molecular flexibility index (Phi) is 9.00. The van der Waals surface area contributed by atoms with Gasteiger partial charge in [0.15, 0.2) is 0 Å². The number of hydrogen-bond acceptors (Lipinski definition) is 3. The van der Waals surface area contributed by atoms with Crippen LogP contribution < -0.4 is 5.32 Å². The second-order valence-corrected chi connectivity index (χ2v) is 4.19. The van der Waals surface area contributed by atoms with Gasteiger partial charge in [-0.2, -0.15) is 0 Å². The predicted molar refractivity (Wildman–Crippen MR) is 68.4 cm³/mol. The lowest BCUT2D eigenvalue weighted by atomic mass is 10.2. The van der Waals surface area contributed by atoms with Crippen molar-refractivity contribution in [3.05, 3.63) is 0 Å². The second kappa shape index (κ2) is 9.70. The summed E-state index contributed by atoms with van der Waals surface area (Å²) in [6.07, 6.45) is 2.86. The minimum atomic E-state index is -1.02. The molecule has 0 rings (SSSR count). The maximum atomic E-state index is 11.9. The first-order valence-corrected chi connectivity index (χ1v) is 6.45. The van der Waals surface area contributed by atoms with Gasteiger partial charge in [0, 0.05) is 13.1 Å². The van der Waals surface area contributed by atoms with Gasteiger partial charge in [0.1, 0.15) is 6.04 Å². The molecule has 0 aliphatic carbocycles. The van der Waals surface area contributed by atoms with Gasteiger partial charge in [-0.15, -0.1) is 0 Å². The minimum absolute atomic E-state index is 0.122. The molecule has 18 heavy (non-hydrogen) atoms. The van der Waals surface area contributed by atoms with Crippen molar-refractivity contribution in [1.29, 1.82) is 0 Å². The van der Waals surface area contributed by atoms with Gasteiger partial charge in [0.05, 0.1) is 6.61 Å². The van der Waals surface area contributed by atoms with Crippen molar-refractivity contribution >= 4 is 12.0 Å². The van der Waals surface area contributed by atoms with Crippen LogP contribution >= 0.6 is 0 Å². The normalized spacial score (nSPS) is 11.9. The van der Waals surface area contributed by atoms with Gasteiger partial charge < -0.3 is 20.4 Å². The average Bonchev–Trinajstić information content (AvgIpc) is 2.33. The molecular weight excluding hydrogens is 236 g/mol. The van der Waals surface area contributed by atoms with Crippen LogP contribution in [0.25, 0.3) is 0 Å². The molecule has 0 unspecified atom stereocenters. The number of aliphatic hydroxyl groups excluding tert-OH is 1. The molecule has 0 aromatic rings. The van der Waals surface area contributed by atoms with Crippen LogP contribution in [0.4, 0.5) is 4.79 Å². The number of unbranched alkanes of at least 4 members (excludes halogenated alkanes) is 1. The molecule has 6 nitrogen and oxygen atoms in total. The molecule has 0 spiro atoms. The Labute approximate surface area is 108 Å². The zero-order valence-corrected chi connectivity index (χ0v) is 11.2. The summed E-state index contributed by atoms with van der Waals surface area (Å²) in [5, 5.41) is 20.3. The standard InChI is InChI=1S/C12H24N2O4/c1-3-5-7-14(8-9-15)12(18)13-10(6-4-2)11(16)17/h10,15H,3-9H2,1-2H3,(H,13,18)(H,16,17)/t10-/m0/s1. The van der Waals surface area contributed by atoms with Gasteiger partial charge in [0.2, 0.25) is 0 Å². The van der Waals surface area contributed by atoms with E-state index in [0.29, 0.717) is 19.4 Å². The maximum absolute atomic E-state index is 11.9. The van der Waals surface area contributed by atoms with Crippen LogP contribution in [0.3, 0.4) is 0 Å². The van der Waals surface area contributed by atoms with E-state index >= 15 is 0 Å². The van der Waals surface area contributed by atoms with Gasteiger partial charge in [-0.25, -0.2) is 9.59 Å². The molecule has 0 aliphatic heterocycles. The summed E-state index contributed by atoms with van der Waals surface area (Å²) < 4.78 is 0. The molecule has 6 heteroatoms. The van der Waals surface area contributed by atoms with Crippen molar-refractivity contribution in [1.82, 2.24) is 10.2 Å². The Balaban J connectivity index is 4.40. The molecular formula is C12H24N2O4. The van der Waals surface area contributed by atoms with Crippen LogP contribution in [-0.4, -0.2) is 52.9 Å². The summed E-state index contributed by atoms with van der Waals surface area (Å²) in [6, 6.07) is -1.27. The quantitative estimate of drug-likeness (QED) is 0.578. The third-order valence-corrected chi connectivity index (χ3v) is 2.61. The zero-order chi connectivity index (χ0) is 14.0. The number of aliphatic carboxylic acids is 1. The van der Waals surface area contributed by atoms with E-state index in [1.807, 2.05) is 13.8 Å². The summed E-state index contributed by atoms with van der Waals surface area (Å²) in [5.74, 6) is -1.02. The van der Waals surface area contributed by atoms with E-state index in [1.165, 1.54) is 4.90 Å². The van der Waals surface area contributed by atoms with Gasteiger partial charge in [-0.05, 0) is 12.8 Å². The van der Waals surface area contributed by atoms with Crippen LogP contribution in [-0.2, 0) is 4.79 Å². The third kappa shape index (κ3) is 6.44. The van der Waals surface area contributed by atoms with E-state index in [9.17, 15) is 9.59 Å². The third-order valence-electron chi connectivity index (χ3n) is 2.61. The number of carbonyl (C=O) groups excluding carboxylic acids is 1. The average molecular weight is 260 g/mol. The highest BCUT2D eigenvalue weighted by molar-refractivity contribution is 5.82. The second-order valence-electron chi connectivity index (χ2n) is 4.19. The summed E-state index contributed by atoms with van der Waals surface area (Å²) in [6.45, 7) is 4.51. The van der Waals surface area contributed by atoms with Crippen molar-refractivity contribution in [2.45, 2.75) is 45.6 Å². The van der Waals surface area contributed by atoms with Crippen molar-refractivity contribution in [2.75, 3.05) is 19.7 Å². The SMILES string of the molecule is CCCCN(CCO)C(=O)N[C@@H](CCC)C(=O)O. The highest BCUT2D eigenvalue weighted by Gasteiger charge is 2.21. The number of hydrogen-bond donors (Lipinski definition) is 3. The minimum Gasteiger partial charge on any atom is -0.480 e. The number of carbonyl (C=O) groups is 2. The lowest BCUT2D eigenvalue weighted by Crippen LogP contribution is -2.49. The van der Waals surface area contributed by atoms with Crippen molar-refractivity contribution in [2.24, 2.45) is 0 Å². The molecule has 0 saturated carbocycles. The van der Waals surface area contributed by atoms with Crippen molar-refractivity contribution in [3.63, 3.8) is 0 Å². The Morgan fingerprint density at radius 1 is 1.22 bits per heavy atom. The number of nitrogens with zero attached hydrogens (tertiary/aromatic N) is 1. The fourth-order valence-electron chi connectivity index (χ4n) is 1.57. The number of carboxylic acids is 1. The summed E-state index contributed by atoms with van der Waals surface area (Å²) in [4.78, 5) is 24.3. The fraction of sp³-hybridized carbons (Fsp3) is 0.833. The Morgan fingerprint density at radius 3 is 2.33 bits per heavy atom. The number of rotatable bonds is 9. The molecule has 0 radical (unpaired) electrons. The Morgan fingerprint density at radius 2 is 1.89 bits per heavy atom. The van der Waals surface area contributed by atoms with E-state index in [2.05, 4.69) is 5.32 Å². The molecule has 0 bridgehead atoms. The molecule has 0 heterocycles. The topological polar surface area (TPSA) is 89.9 Å². The number of carboxylic acid groups (broad SMARTS) is 1. The van der Waals surface area contributed by atoms with E-state index in [0.717, 1.165) is 12.8 Å². The van der Waals surface area contributed by atoms with Crippen LogP contribution in [0, 0.1) is 0 Å². The molecule has 0 aliphatic rings. The van der Waals surface area contributed by atoms with Crippen LogP contribution in [0.1, 0.15) is 39.5 Å². The fourth-order valence-corrected chi connectivity index (χ4v) is 1.57. The van der Waals surface area contributed by atoms with Gasteiger partial charge in [-0.3, -0.25) is 0 Å². The number of urea groups is 1. The van der Waals surface area contributed by atoms with Gasteiger partial charge in [0.25, 0.3) is 0 Å². The molecule has 0 fully saturated rings. The van der Waals surface area contributed by atoms with Crippen molar-refractivity contribution < 1.29 is 19.8 Å². The van der Waals surface area contributed by atoms with Crippen LogP contribution in [0.5, 0.6) is 0 Å². The largest absolute Gasteiger partial charge is 0.480 e. The number of amides is 2. The molecule has 1 atom stereocenters. The lowest BCUT2D eigenvalue weighted by molar-refractivity contribution is -0.139. The zero-order valence-electron chi connectivity index (χ0n) is 11.2. The van der Waals surface area contributed by atoms with E-state index in [4.69, 9.17) is 10.2 Å². The smallest absolute Gasteiger partial charge is 0.326 e. The molecule has 0 saturated heterocycles. The molecule has 0 aromatic carbocycles. The first-order chi connectivity index (χ1) is 8.56. The molecule has 2 amide bonds. The van der Waals surface area contributed by atoms with Gasteiger partial charge in [-0.1, -0.05) is 26.7 Å². The molecule has 0 aromatic heterocycles. The number of nitrogens with one attached hydrogen (secondary N) is 1. The molecule has 3 N–H and O–H groups in total. The highest BCUT2D eigenvalue weighted by Crippen LogP contribution is 2.01. The van der Waals surface area contributed by atoms with Gasteiger partial charge >= 0.3 is 12.0 Å². The Bertz CT molecular complexity index is 258. The first kappa shape index (κ1) is 16.7. The monoisotopic (exact) mass is 260 g/mol. The van der Waals surface area contributed by atoms with E-state index in [1.54, 1.807) is 0 Å². The van der Waals surface area contributed by atoms with E-state index < -0.39 is 18.0 Å². The van der Waals surface area contributed by atoms with Crippen LogP contribution in [0.2, 0.25) is 0 Å². The predicted octanol–water partition coefficient (Wildman–Crippen LogP) is 1.04. The highest BCUT2D eigenvalue weighted by atomic mass is 16.4. The lowest BCUT2D eigenvalue weighted by Gasteiger charge is -2.24. The first-order valence-electron chi connectivity index (χ1n) is 6.45. The van der Waals surface area contributed by atoms with Crippen LogP contribution in [0.15, 0.2) is 0 Å². The molecule has 106 valence electrons. The number of aliphatic hydroxyl groups is 1.